The maximum Gasteiger partial charge on any atom is 0.238 e. The minimum atomic E-state index is -2.77. The summed E-state index contributed by atoms with van der Waals surface area (Å²) >= 11 is 0. The quantitative estimate of drug-likeness (QED) is 0.262. The molecule has 12 nitrogen and oxygen atoms in total. The number of anilines is 1. The Morgan fingerprint density at radius 3 is 2.32 bits per heavy atom. The van der Waals surface area contributed by atoms with E-state index in [2.05, 4.69) is 5.32 Å². The molecule has 198 valence electrons. The number of nitrogens with one attached hydrogen (secondary N) is 1. The minimum absolute atomic E-state index is 0.0157. The second-order valence-corrected chi connectivity index (χ2v) is 10.6. The molecule has 1 aromatic carbocycles. The van der Waals surface area contributed by atoms with Crippen LogP contribution in [0.15, 0.2) is 12.1 Å². The Labute approximate surface area is 212 Å². The summed E-state index contributed by atoms with van der Waals surface area (Å²) in [6, 6.07) is 1.89. The van der Waals surface area contributed by atoms with E-state index < -0.39 is 76.0 Å². The molecule has 1 aromatic rings. The number of carbonyl (C=O) groups is 6. The van der Waals surface area contributed by atoms with Gasteiger partial charge in [-0.3, -0.25) is 33.7 Å². The van der Waals surface area contributed by atoms with Crippen LogP contribution in [0.4, 0.5) is 5.69 Å². The Morgan fingerprint density at radius 1 is 1.11 bits per heavy atom. The third-order valence-corrected chi connectivity index (χ3v) is 7.67. The molecule has 0 spiro atoms. The number of phenols is 1. The van der Waals surface area contributed by atoms with Crippen LogP contribution in [0.1, 0.15) is 22.3 Å². The summed E-state index contributed by atoms with van der Waals surface area (Å²) in [5, 5.41) is 25.0. The number of aromatic hydroxyl groups is 1. The summed E-state index contributed by atoms with van der Waals surface area (Å²) in [7, 11) is 6.43. The fourth-order valence-corrected chi connectivity index (χ4v) is 6.16. The topological polar surface area (TPSA) is 187 Å². The first kappa shape index (κ1) is 26.6. The number of fused-ring (bicyclic) bond motifs is 3. The first-order chi connectivity index (χ1) is 17.2. The lowest BCUT2D eigenvalue weighted by Gasteiger charge is -2.52. The van der Waals surface area contributed by atoms with Gasteiger partial charge in [-0.15, -0.1) is 0 Å². The number of primary amides is 1. The van der Waals surface area contributed by atoms with E-state index in [1.807, 2.05) is 0 Å². The summed E-state index contributed by atoms with van der Waals surface area (Å²) in [5.74, 6) is -11.6. The van der Waals surface area contributed by atoms with Crippen molar-refractivity contribution in [1.29, 1.82) is 0 Å². The van der Waals surface area contributed by atoms with Crippen molar-refractivity contribution in [1.82, 2.24) is 9.80 Å². The van der Waals surface area contributed by atoms with Crippen LogP contribution in [-0.2, 0) is 30.4 Å². The number of nitrogens with two attached hydrogens (primary N) is 1. The fourth-order valence-electron chi connectivity index (χ4n) is 6.16. The summed E-state index contributed by atoms with van der Waals surface area (Å²) in [4.78, 5) is 80.9. The number of nitrogens with zero attached hydrogens (tertiary/aromatic N) is 2. The van der Waals surface area contributed by atoms with Crippen LogP contribution in [0.5, 0.6) is 5.75 Å². The lowest BCUT2D eigenvalue weighted by atomic mass is 9.52. The minimum Gasteiger partial charge on any atom is -0.505 e. The third kappa shape index (κ3) is 3.95. The number of Topliss-reactive ketones (excluding diaryl/α,β-unsaturated/α-hetero) is 4. The predicted molar refractivity (Wildman–Crippen MR) is 129 cm³/mol. The fraction of sp³-hybridized carbons (Fsp3) is 0.520. The molecule has 3 aliphatic carbocycles. The van der Waals surface area contributed by atoms with Crippen molar-refractivity contribution in [3.63, 3.8) is 0 Å². The molecule has 5 N–H and O–H groups in total. The van der Waals surface area contributed by atoms with Crippen LogP contribution in [0.25, 0.3) is 0 Å². The number of rotatable bonds is 5. The Bertz CT molecular complexity index is 1240. The maximum absolute atomic E-state index is 13.8. The van der Waals surface area contributed by atoms with Crippen molar-refractivity contribution in [2.24, 2.45) is 29.4 Å². The molecule has 0 radical (unpaired) electrons. The van der Waals surface area contributed by atoms with Crippen molar-refractivity contribution < 1.29 is 39.0 Å². The maximum atomic E-state index is 13.8. The highest BCUT2D eigenvalue weighted by Gasteiger charge is 2.69. The van der Waals surface area contributed by atoms with Gasteiger partial charge >= 0.3 is 0 Å². The number of benzene rings is 1. The highest BCUT2D eigenvalue weighted by molar-refractivity contribution is 6.32. The van der Waals surface area contributed by atoms with E-state index in [0.29, 0.717) is 5.56 Å². The summed E-state index contributed by atoms with van der Waals surface area (Å²) < 4.78 is 0. The number of likely N-dealkylation sites (N-methyl/N-ethyl adjacent to an activating group) is 2. The van der Waals surface area contributed by atoms with Gasteiger partial charge in [-0.25, -0.2) is 0 Å². The smallest absolute Gasteiger partial charge is 0.238 e. The molecule has 0 aromatic heterocycles. The third-order valence-electron chi connectivity index (χ3n) is 7.67. The summed E-state index contributed by atoms with van der Waals surface area (Å²) in [6.45, 7) is 0.0248. The van der Waals surface area contributed by atoms with Crippen molar-refractivity contribution >= 4 is 40.6 Å². The second kappa shape index (κ2) is 9.12. The van der Waals surface area contributed by atoms with Gasteiger partial charge in [0.05, 0.1) is 29.8 Å². The van der Waals surface area contributed by atoms with Gasteiger partial charge in [-0.2, -0.15) is 0 Å². The average molecular weight is 515 g/mol. The highest BCUT2D eigenvalue weighted by atomic mass is 16.3. The van der Waals surface area contributed by atoms with Gasteiger partial charge in [-0.05, 0) is 58.6 Å². The lowest BCUT2D eigenvalue weighted by Crippen LogP contribution is -2.74. The average Bonchev–Trinajstić information content (AvgIpc) is 2.77. The molecule has 6 atom stereocenters. The second-order valence-electron chi connectivity index (χ2n) is 10.6. The number of ketones is 4. The molecule has 3 aliphatic rings. The number of phenolic OH excluding ortho intramolecular Hbond substituents is 1. The number of carbonyl (C=O) groups excluding carboxylic acids is 6. The molecule has 0 bridgehead atoms. The zero-order chi connectivity index (χ0) is 27.6. The van der Waals surface area contributed by atoms with Gasteiger partial charge in [0, 0.05) is 5.92 Å². The zero-order valence-corrected chi connectivity index (χ0v) is 21.0. The lowest BCUT2D eigenvalue weighted by molar-refractivity contribution is -0.181. The van der Waals surface area contributed by atoms with Gasteiger partial charge in [0.25, 0.3) is 0 Å². The van der Waals surface area contributed by atoms with Crippen LogP contribution < -0.4 is 11.1 Å². The monoisotopic (exact) mass is 514 g/mol. The molecular formula is C25H30N4O8. The van der Waals surface area contributed by atoms with Crippen LogP contribution in [-0.4, -0.2) is 101 Å². The van der Waals surface area contributed by atoms with E-state index in [-0.39, 0.29) is 30.6 Å². The Hall–Kier alpha value is -3.48. The van der Waals surface area contributed by atoms with Crippen LogP contribution in [0, 0.1) is 23.7 Å². The molecule has 2 unspecified atom stereocenters. The predicted octanol–water partition coefficient (Wildman–Crippen LogP) is -1.63. The van der Waals surface area contributed by atoms with Crippen LogP contribution >= 0.6 is 0 Å². The van der Waals surface area contributed by atoms with Gasteiger partial charge in [0.15, 0.2) is 34.7 Å². The van der Waals surface area contributed by atoms with Crippen molar-refractivity contribution in [3.05, 3.63) is 23.3 Å². The zero-order valence-electron chi connectivity index (χ0n) is 21.0. The van der Waals surface area contributed by atoms with Gasteiger partial charge < -0.3 is 26.2 Å². The Morgan fingerprint density at radius 2 is 1.76 bits per heavy atom. The standard InChI is InChI=1S/C25H30N4O8/c1-28(2)9-14(30)27-13-6-5-10-7-11-8-12-18(29(3)4)21(33)17(24(26)36)23(35)25(12,37)22(34)16(11)20(32)15(10)19(13)31/h5-6,11-12,16-18,31,37H,7-9H2,1-4H3,(H2,26,36)(H,27,30)/t11-,12-,16?,17?,18-,25-/m0/s1. The van der Waals surface area contributed by atoms with Crippen molar-refractivity contribution in [2.75, 3.05) is 40.1 Å². The first-order valence-corrected chi connectivity index (χ1v) is 11.9. The SMILES string of the molecule is CN(C)CC(=O)Nc1ccc2c(c1O)C(=O)C1C(=O)[C@]3(O)C(=O)C(C(N)=O)C(=O)[C@@H](N(C)C)[C@@H]3C[C@@H]1C2. The molecule has 0 saturated heterocycles. The van der Waals surface area contributed by atoms with E-state index in [1.165, 1.54) is 25.1 Å². The number of aliphatic hydroxyl groups is 1. The molecule has 2 amide bonds. The number of hydrogen-bond donors (Lipinski definition) is 4. The van der Waals surface area contributed by atoms with E-state index in [0.717, 1.165) is 0 Å². The van der Waals surface area contributed by atoms with Gasteiger partial charge in [0.1, 0.15) is 5.75 Å². The molecule has 4 rings (SSSR count). The summed E-state index contributed by atoms with van der Waals surface area (Å²) in [5.41, 5.74) is 2.79. The van der Waals surface area contributed by atoms with Gasteiger partial charge in [-0.1, -0.05) is 6.07 Å². The van der Waals surface area contributed by atoms with E-state index in [1.54, 1.807) is 25.1 Å². The Kier molecular flexibility index (Phi) is 6.55. The van der Waals surface area contributed by atoms with E-state index >= 15 is 0 Å². The van der Waals surface area contributed by atoms with Crippen molar-refractivity contribution in [2.45, 2.75) is 24.5 Å². The number of amides is 2. The summed E-state index contributed by atoms with van der Waals surface area (Å²) in [6.07, 6.45) is 0.136. The molecule has 0 heterocycles. The van der Waals surface area contributed by atoms with E-state index in [9.17, 15) is 39.0 Å². The van der Waals surface area contributed by atoms with Gasteiger partial charge in [0.2, 0.25) is 11.8 Å². The molecule has 2 fully saturated rings. The molecule has 12 heteroatoms. The molecule has 2 saturated carbocycles. The van der Waals surface area contributed by atoms with Crippen LogP contribution in [0.3, 0.4) is 0 Å². The Balaban J connectivity index is 1.77. The van der Waals surface area contributed by atoms with E-state index in [4.69, 9.17) is 5.73 Å². The molecule has 0 aliphatic heterocycles. The van der Waals surface area contributed by atoms with Crippen LogP contribution in [0.2, 0.25) is 0 Å². The van der Waals surface area contributed by atoms with Crippen molar-refractivity contribution in [3.8, 4) is 5.75 Å². The molecule has 37 heavy (non-hydrogen) atoms. The normalized spacial score (nSPS) is 31.2. The number of hydrogen-bond acceptors (Lipinski definition) is 10. The largest absolute Gasteiger partial charge is 0.505 e. The highest BCUT2D eigenvalue weighted by Crippen LogP contribution is 2.51. The first-order valence-electron chi connectivity index (χ1n) is 11.9. The molecular weight excluding hydrogens is 484 g/mol.